The summed E-state index contributed by atoms with van der Waals surface area (Å²) in [5.41, 5.74) is 2.94. The highest BCUT2D eigenvalue weighted by Gasteiger charge is 2.29. The second-order valence-corrected chi connectivity index (χ2v) is 9.44. The van der Waals surface area contributed by atoms with Crippen LogP contribution >= 0.6 is 0 Å². The fraction of sp³-hybridized carbons (Fsp3) is 0.364. The van der Waals surface area contributed by atoms with E-state index in [4.69, 9.17) is 9.97 Å². The molecule has 1 fully saturated rings. The summed E-state index contributed by atoms with van der Waals surface area (Å²) < 4.78 is 26.9. The first-order valence-corrected chi connectivity index (χ1v) is 11.5. The molecule has 2 aliphatic rings. The van der Waals surface area contributed by atoms with Crippen LogP contribution in [0.2, 0.25) is 0 Å². The molecule has 3 heterocycles. The number of benzene rings is 2. The van der Waals surface area contributed by atoms with Crippen LogP contribution in [-0.4, -0.2) is 52.1 Å². The van der Waals surface area contributed by atoms with Crippen LogP contribution in [0.15, 0.2) is 47.4 Å². The predicted octanol–water partition coefficient (Wildman–Crippen LogP) is 2.79. The van der Waals surface area contributed by atoms with Crippen LogP contribution in [0.4, 0.5) is 16.2 Å². The number of nitrogens with one attached hydrogen (secondary N) is 2. The minimum Gasteiger partial charge on any atom is -0.611 e. The second-order valence-electron chi connectivity index (χ2n) is 7.90. The van der Waals surface area contributed by atoms with Crippen molar-refractivity contribution in [3.63, 3.8) is 0 Å². The van der Waals surface area contributed by atoms with Gasteiger partial charge in [-0.1, -0.05) is 29.8 Å². The normalized spacial score (nSPS) is 24.0. The number of halogens is 1. The van der Waals surface area contributed by atoms with Gasteiger partial charge in [-0.3, -0.25) is 0 Å². The molecule has 0 spiro atoms. The van der Waals surface area contributed by atoms with Crippen molar-refractivity contribution in [3.8, 4) is 0 Å². The van der Waals surface area contributed by atoms with Crippen LogP contribution in [0.1, 0.15) is 11.1 Å². The van der Waals surface area contributed by atoms with Crippen molar-refractivity contribution in [2.45, 2.75) is 30.6 Å². The van der Waals surface area contributed by atoms with Gasteiger partial charge in [0.15, 0.2) is 4.90 Å². The highest BCUT2D eigenvalue weighted by atomic mass is 32.2. The summed E-state index contributed by atoms with van der Waals surface area (Å²) in [6.07, 6.45) is -0.962. The zero-order chi connectivity index (χ0) is 20.7. The summed E-state index contributed by atoms with van der Waals surface area (Å²) in [6.45, 7) is 4.11. The maximum Gasteiger partial charge on any atom is 0.228 e. The van der Waals surface area contributed by atoms with E-state index in [9.17, 15) is 8.94 Å². The molecule has 0 amide bonds. The fourth-order valence-corrected chi connectivity index (χ4v) is 5.32. The Balaban J connectivity index is 1.55. The number of alkyl halides is 1. The van der Waals surface area contributed by atoms with Gasteiger partial charge in [0.1, 0.15) is 17.7 Å². The molecular weight excluding hydrogens is 401 g/mol. The minimum atomic E-state index is -1.04. The third-order valence-electron chi connectivity index (χ3n) is 5.71. The molecule has 0 bridgehead atoms. The first-order valence-electron chi connectivity index (χ1n) is 10.2. The number of rotatable bonds is 3. The molecule has 2 N–H and O–H groups in total. The fourth-order valence-electron chi connectivity index (χ4n) is 4.06. The number of nitrogens with zero attached hydrogens (tertiary/aromatic N) is 3. The summed E-state index contributed by atoms with van der Waals surface area (Å²) in [7, 11) is 0. The molecule has 3 aromatic rings. The first-order chi connectivity index (χ1) is 14.6. The molecule has 5 rings (SSSR count). The lowest BCUT2D eigenvalue weighted by Crippen LogP contribution is -2.31. The zero-order valence-electron chi connectivity index (χ0n) is 16.8. The first kappa shape index (κ1) is 19.5. The summed E-state index contributed by atoms with van der Waals surface area (Å²) in [6, 6.07) is 13.5. The number of aromatic nitrogens is 2. The minimum absolute atomic E-state index is 0.325. The number of anilines is 2. The van der Waals surface area contributed by atoms with Crippen LogP contribution < -0.4 is 15.5 Å². The molecule has 30 heavy (non-hydrogen) atoms. The van der Waals surface area contributed by atoms with Crippen molar-refractivity contribution in [3.05, 3.63) is 53.6 Å². The van der Waals surface area contributed by atoms with E-state index in [1.807, 2.05) is 49.4 Å². The van der Waals surface area contributed by atoms with E-state index in [0.29, 0.717) is 43.7 Å². The highest BCUT2D eigenvalue weighted by Crippen LogP contribution is 2.29. The van der Waals surface area contributed by atoms with Crippen LogP contribution in [-0.2, 0) is 17.7 Å². The molecular formula is C22H24FN5OS. The highest BCUT2D eigenvalue weighted by molar-refractivity contribution is 7.91. The number of hydrogen-bond acceptors (Lipinski definition) is 6. The summed E-state index contributed by atoms with van der Waals surface area (Å²) in [5.74, 6) is 1.74. The Kier molecular flexibility index (Phi) is 5.22. The van der Waals surface area contributed by atoms with Crippen LogP contribution in [0.3, 0.4) is 0 Å². The van der Waals surface area contributed by atoms with Crippen molar-refractivity contribution in [1.29, 1.82) is 0 Å². The zero-order valence-corrected chi connectivity index (χ0v) is 17.6. The van der Waals surface area contributed by atoms with Gasteiger partial charge in [0.25, 0.3) is 0 Å². The van der Waals surface area contributed by atoms with Crippen LogP contribution in [0, 0.1) is 6.92 Å². The Labute approximate surface area is 178 Å². The van der Waals surface area contributed by atoms with Gasteiger partial charge in [-0.25, -0.2) is 9.37 Å². The Hall–Kier alpha value is -2.42. The van der Waals surface area contributed by atoms with Gasteiger partial charge in [-0.15, -0.1) is 0 Å². The van der Waals surface area contributed by atoms with E-state index in [0.717, 1.165) is 26.9 Å². The van der Waals surface area contributed by atoms with Gasteiger partial charge in [0.05, 0.1) is 24.6 Å². The van der Waals surface area contributed by atoms with Gasteiger partial charge < -0.3 is 20.1 Å². The van der Waals surface area contributed by atoms with Gasteiger partial charge in [-0.2, -0.15) is 4.98 Å². The van der Waals surface area contributed by atoms with Crippen LogP contribution in [0.25, 0.3) is 10.9 Å². The largest absolute Gasteiger partial charge is 0.611 e. The maximum absolute atomic E-state index is 14.3. The number of aryl methyl sites for hydroxylation is 1. The monoisotopic (exact) mass is 425 g/mol. The van der Waals surface area contributed by atoms with Crippen molar-refractivity contribution in [2.75, 3.05) is 35.6 Å². The lowest BCUT2D eigenvalue weighted by molar-refractivity contribution is 0.342. The second kappa shape index (κ2) is 8.02. The lowest BCUT2D eigenvalue weighted by Gasteiger charge is -2.22. The van der Waals surface area contributed by atoms with Crippen molar-refractivity contribution >= 4 is 33.8 Å². The quantitative estimate of drug-likeness (QED) is 0.629. The topological polar surface area (TPSA) is 76.1 Å². The van der Waals surface area contributed by atoms with Gasteiger partial charge in [-0.05, 0) is 36.3 Å². The molecule has 1 saturated heterocycles. The van der Waals surface area contributed by atoms with Crippen molar-refractivity contribution in [2.24, 2.45) is 0 Å². The van der Waals surface area contributed by atoms with Gasteiger partial charge in [0, 0.05) is 24.0 Å². The third kappa shape index (κ3) is 3.71. The molecule has 1 unspecified atom stereocenters. The molecule has 156 valence electrons. The molecule has 0 aliphatic carbocycles. The third-order valence-corrected chi connectivity index (χ3v) is 7.15. The molecule has 6 nitrogen and oxygen atoms in total. The standard InChI is InChI=1S/C22H24FN5OS/c1-14-6-7-18-16(10-14)21(25-19-12-24-11-17(19)23)27-22(26-18)28-8-9-30(29)20-5-3-2-4-15(20)13-28/h2-7,10,17,19,24H,8-9,11-13H2,1H3,(H,25,26,27)/t17-,19-,30?/m0/s1. The molecule has 0 saturated carbocycles. The van der Waals surface area contributed by atoms with Gasteiger partial charge >= 0.3 is 0 Å². The summed E-state index contributed by atoms with van der Waals surface area (Å²) in [5, 5.41) is 7.27. The molecule has 2 aliphatic heterocycles. The average Bonchev–Trinajstić information content (AvgIpc) is 3.07. The number of hydrogen-bond donors (Lipinski definition) is 2. The summed E-state index contributed by atoms with van der Waals surface area (Å²) in [4.78, 5) is 12.6. The van der Waals surface area contributed by atoms with Crippen molar-refractivity contribution < 1.29 is 8.94 Å². The molecule has 1 aromatic heterocycles. The van der Waals surface area contributed by atoms with E-state index in [1.54, 1.807) is 0 Å². The SMILES string of the molecule is Cc1ccc2nc(N3CC[S+]([O-])c4ccccc4C3)nc(N[C@H]3CNC[C@@H]3F)c2c1. The Morgan fingerprint density at radius 3 is 2.90 bits per heavy atom. The van der Waals surface area contributed by atoms with Crippen LogP contribution in [0.5, 0.6) is 0 Å². The smallest absolute Gasteiger partial charge is 0.228 e. The van der Waals surface area contributed by atoms with E-state index in [-0.39, 0.29) is 6.04 Å². The Morgan fingerprint density at radius 1 is 1.20 bits per heavy atom. The Morgan fingerprint density at radius 2 is 2.07 bits per heavy atom. The predicted molar refractivity (Wildman–Crippen MR) is 118 cm³/mol. The summed E-state index contributed by atoms with van der Waals surface area (Å²) >= 11 is -1.04. The van der Waals surface area contributed by atoms with E-state index < -0.39 is 17.3 Å². The van der Waals surface area contributed by atoms with E-state index >= 15 is 0 Å². The molecule has 2 aromatic carbocycles. The average molecular weight is 426 g/mol. The van der Waals surface area contributed by atoms with Gasteiger partial charge in [0.2, 0.25) is 5.95 Å². The van der Waals surface area contributed by atoms with E-state index in [2.05, 4.69) is 15.5 Å². The lowest BCUT2D eigenvalue weighted by atomic mass is 10.1. The molecule has 0 radical (unpaired) electrons. The molecule has 3 atom stereocenters. The number of fused-ring (bicyclic) bond motifs is 2. The van der Waals surface area contributed by atoms with E-state index in [1.165, 1.54) is 0 Å². The Bertz CT molecular complexity index is 1080. The molecule has 8 heteroatoms. The maximum atomic E-state index is 14.3. The van der Waals surface area contributed by atoms with Crippen molar-refractivity contribution in [1.82, 2.24) is 15.3 Å².